The standard InChI is InChI=1S/C21H22F3N5O/c1-13(22)9-29-10-15(11-29)14-4-5-17(19(6-14)30-21(23)24)28(3)20-7-18-16(8-25-20)26-12-27(18)2/h4-8,12,15,21H,1,9-11H2,2-3H3. The Hall–Kier alpha value is -3.07. The fourth-order valence-corrected chi connectivity index (χ4v) is 3.73. The Kier molecular flexibility index (Phi) is 5.38. The van der Waals surface area contributed by atoms with Crippen LogP contribution in [0.2, 0.25) is 0 Å². The highest BCUT2D eigenvalue weighted by molar-refractivity contribution is 5.79. The number of fused-ring (bicyclic) bond motifs is 1. The molecule has 6 nitrogen and oxygen atoms in total. The van der Waals surface area contributed by atoms with Crippen molar-refractivity contribution in [1.82, 2.24) is 19.4 Å². The molecule has 3 aromatic rings. The lowest BCUT2D eigenvalue weighted by Crippen LogP contribution is -2.45. The van der Waals surface area contributed by atoms with Crippen molar-refractivity contribution in [3.05, 3.63) is 54.8 Å². The number of rotatable bonds is 7. The van der Waals surface area contributed by atoms with E-state index in [1.807, 2.05) is 28.6 Å². The average Bonchev–Trinajstić information content (AvgIpc) is 3.03. The smallest absolute Gasteiger partial charge is 0.387 e. The SMILES string of the molecule is C=C(F)CN1CC(c2ccc(N(C)c3cc4c(cn3)ncn4C)c(OC(F)F)c2)C1. The molecule has 0 bridgehead atoms. The molecule has 0 atom stereocenters. The van der Waals surface area contributed by atoms with Crippen molar-refractivity contribution < 1.29 is 17.9 Å². The highest BCUT2D eigenvalue weighted by Crippen LogP contribution is 2.38. The van der Waals surface area contributed by atoms with Gasteiger partial charge in [-0.25, -0.2) is 14.4 Å². The van der Waals surface area contributed by atoms with E-state index in [0.717, 1.165) is 16.6 Å². The largest absolute Gasteiger partial charge is 0.433 e. The van der Waals surface area contributed by atoms with Gasteiger partial charge < -0.3 is 14.2 Å². The molecule has 4 rings (SSSR count). The van der Waals surface area contributed by atoms with Crippen LogP contribution in [0.1, 0.15) is 11.5 Å². The Morgan fingerprint density at radius 2 is 2.07 bits per heavy atom. The number of pyridine rings is 1. The van der Waals surface area contributed by atoms with Gasteiger partial charge in [-0.3, -0.25) is 4.90 Å². The first-order valence-electron chi connectivity index (χ1n) is 9.47. The van der Waals surface area contributed by atoms with Crippen molar-refractivity contribution in [2.75, 3.05) is 31.6 Å². The maximum Gasteiger partial charge on any atom is 0.387 e. The van der Waals surface area contributed by atoms with Gasteiger partial charge in [-0.05, 0) is 17.7 Å². The number of anilines is 2. The topological polar surface area (TPSA) is 46.4 Å². The van der Waals surface area contributed by atoms with E-state index in [1.54, 1.807) is 36.6 Å². The van der Waals surface area contributed by atoms with Crippen LogP contribution in [0, 0.1) is 0 Å². The average molecular weight is 417 g/mol. The Morgan fingerprint density at radius 1 is 1.30 bits per heavy atom. The molecule has 2 aromatic heterocycles. The summed E-state index contributed by atoms with van der Waals surface area (Å²) in [6.45, 7) is 1.80. The molecule has 1 aliphatic rings. The van der Waals surface area contributed by atoms with Crippen molar-refractivity contribution in [3.63, 3.8) is 0 Å². The van der Waals surface area contributed by atoms with E-state index in [4.69, 9.17) is 4.74 Å². The summed E-state index contributed by atoms with van der Waals surface area (Å²) in [6, 6.07) is 7.11. The van der Waals surface area contributed by atoms with Gasteiger partial charge in [0.15, 0.2) is 0 Å². The molecule has 0 saturated carbocycles. The molecule has 0 amide bonds. The summed E-state index contributed by atoms with van der Waals surface area (Å²) < 4.78 is 45.8. The van der Waals surface area contributed by atoms with Crippen LogP contribution in [0.4, 0.5) is 24.7 Å². The number of benzene rings is 1. The molecule has 0 radical (unpaired) electrons. The molecule has 1 fully saturated rings. The number of hydrogen-bond donors (Lipinski definition) is 0. The van der Waals surface area contributed by atoms with Crippen molar-refractivity contribution in [2.24, 2.45) is 7.05 Å². The zero-order valence-corrected chi connectivity index (χ0v) is 16.7. The van der Waals surface area contributed by atoms with Crippen LogP contribution < -0.4 is 9.64 Å². The van der Waals surface area contributed by atoms with Crippen LogP contribution in [0.25, 0.3) is 11.0 Å². The quantitative estimate of drug-likeness (QED) is 0.576. The van der Waals surface area contributed by atoms with E-state index in [1.165, 1.54) is 0 Å². The summed E-state index contributed by atoms with van der Waals surface area (Å²) in [7, 11) is 3.62. The molecule has 0 spiro atoms. The number of alkyl halides is 2. The van der Waals surface area contributed by atoms with Crippen molar-refractivity contribution in [3.8, 4) is 5.75 Å². The van der Waals surface area contributed by atoms with Crippen LogP contribution in [0.15, 0.2) is 49.2 Å². The maximum absolute atomic E-state index is 13.1. The van der Waals surface area contributed by atoms with Crippen LogP contribution in [0.3, 0.4) is 0 Å². The molecule has 0 N–H and O–H groups in total. The third-order valence-electron chi connectivity index (χ3n) is 5.33. The molecule has 3 heterocycles. The first-order chi connectivity index (χ1) is 14.3. The van der Waals surface area contributed by atoms with Crippen molar-refractivity contribution in [2.45, 2.75) is 12.5 Å². The molecule has 0 aliphatic carbocycles. The third-order valence-corrected chi connectivity index (χ3v) is 5.33. The van der Waals surface area contributed by atoms with Gasteiger partial charge in [0.05, 0.1) is 23.7 Å². The maximum atomic E-state index is 13.1. The minimum Gasteiger partial charge on any atom is -0.433 e. The van der Waals surface area contributed by atoms with Gasteiger partial charge >= 0.3 is 6.61 Å². The molecule has 1 aromatic carbocycles. The molecule has 30 heavy (non-hydrogen) atoms. The first kappa shape index (κ1) is 20.2. The second-order valence-corrected chi connectivity index (χ2v) is 7.46. The number of nitrogens with zero attached hydrogens (tertiary/aromatic N) is 5. The number of aromatic nitrogens is 3. The van der Waals surface area contributed by atoms with Crippen molar-refractivity contribution >= 4 is 22.5 Å². The predicted molar refractivity (Wildman–Crippen MR) is 109 cm³/mol. The van der Waals surface area contributed by atoms with Gasteiger partial charge in [0.2, 0.25) is 0 Å². The molecule has 0 unspecified atom stereocenters. The molecule has 1 saturated heterocycles. The number of ether oxygens (including phenoxy) is 1. The molecule has 9 heteroatoms. The molecular formula is C21H22F3N5O. The summed E-state index contributed by atoms with van der Waals surface area (Å²) >= 11 is 0. The molecule has 158 valence electrons. The van der Waals surface area contributed by atoms with E-state index < -0.39 is 6.61 Å². The molecule has 1 aliphatic heterocycles. The summed E-state index contributed by atoms with van der Waals surface area (Å²) in [5.74, 6) is 0.400. The Morgan fingerprint density at radius 3 is 2.77 bits per heavy atom. The van der Waals surface area contributed by atoms with Gasteiger partial charge in [0.25, 0.3) is 0 Å². The van der Waals surface area contributed by atoms with Crippen molar-refractivity contribution in [1.29, 1.82) is 0 Å². The number of likely N-dealkylation sites (tertiary alicyclic amines) is 1. The number of imidazole rings is 1. The minimum absolute atomic E-state index is 0.0743. The van der Waals surface area contributed by atoms with E-state index >= 15 is 0 Å². The second kappa shape index (κ2) is 7.98. The summed E-state index contributed by atoms with van der Waals surface area (Å²) in [6.07, 6.45) is 3.33. The highest BCUT2D eigenvalue weighted by atomic mass is 19.3. The summed E-state index contributed by atoms with van der Waals surface area (Å²) in [5, 5.41) is 0. The van der Waals surface area contributed by atoms with E-state index in [9.17, 15) is 13.2 Å². The van der Waals surface area contributed by atoms with Gasteiger partial charge in [-0.2, -0.15) is 8.78 Å². The summed E-state index contributed by atoms with van der Waals surface area (Å²) in [4.78, 5) is 12.3. The lowest BCUT2D eigenvalue weighted by molar-refractivity contribution is -0.0495. The third kappa shape index (κ3) is 3.97. The molecular weight excluding hydrogens is 395 g/mol. The second-order valence-electron chi connectivity index (χ2n) is 7.46. The van der Waals surface area contributed by atoms with Crippen LogP contribution in [-0.4, -0.2) is 52.7 Å². The van der Waals surface area contributed by atoms with Crippen LogP contribution >= 0.6 is 0 Å². The fourth-order valence-electron chi connectivity index (χ4n) is 3.73. The zero-order valence-electron chi connectivity index (χ0n) is 16.7. The Labute approximate surface area is 172 Å². The van der Waals surface area contributed by atoms with Gasteiger partial charge in [-0.1, -0.05) is 12.6 Å². The minimum atomic E-state index is -2.95. The van der Waals surface area contributed by atoms with E-state index in [0.29, 0.717) is 24.6 Å². The normalized spacial score (nSPS) is 14.9. The van der Waals surface area contributed by atoms with E-state index in [-0.39, 0.29) is 24.0 Å². The number of hydrogen-bond acceptors (Lipinski definition) is 5. The first-order valence-corrected chi connectivity index (χ1v) is 9.47. The Balaban J connectivity index is 1.61. The van der Waals surface area contributed by atoms with E-state index in [2.05, 4.69) is 16.5 Å². The lowest BCUT2D eigenvalue weighted by atomic mass is 9.91. The van der Waals surface area contributed by atoms with Crippen LogP contribution in [-0.2, 0) is 7.05 Å². The number of aryl methyl sites for hydroxylation is 1. The highest BCUT2D eigenvalue weighted by Gasteiger charge is 2.29. The summed E-state index contributed by atoms with van der Waals surface area (Å²) in [5.41, 5.74) is 2.98. The van der Waals surface area contributed by atoms with Gasteiger partial charge in [0.1, 0.15) is 22.9 Å². The Bertz CT molecular complexity index is 1080. The van der Waals surface area contributed by atoms with Crippen LogP contribution in [0.5, 0.6) is 5.75 Å². The monoisotopic (exact) mass is 417 g/mol. The van der Waals surface area contributed by atoms with Gasteiger partial charge in [0, 0.05) is 45.7 Å². The number of halogens is 3. The fraction of sp³-hybridized carbons (Fsp3) is 0.333. The lowest BCUT2D eigenvalue weighted by Gasteiger charge is -2.39. The zero-order chi connectivity index (χ0) is 21.4. The van der Waals surface area contributed by atoms with Gasteiger partial charge in [-0.15, -0.1) is 0 Å². The predicted octanol–water partition coefficient (Wildman–Crippen LogP) is 4.22.